The maximum atomic E-state index is 5.42. The Labute approximate surface area is 348 Å². The fraction of sp³-hybridized carbons (Fsp3) is 0.0192. The van der Waals surface area contributed by atoms with Gasteiger partial charge in [0.1, 0.15) is 11.6 Å². The molecule has 7 aromatic carbocycles. The number of pyridine rings is 1. The predicted molar refractivity (Wildman–Crippen MR) is 249 cm³/mol. The first kappa shape index (κ1) is 34.8. The Morgan fingerprint density at radius 2 is 0.982 bits per heavy atom. The summed E-state index contributed by atoms with van der Waals surface area (Å²) in [4.78, 5) is 5.42. The van der Waals surface area contributed by atoms with Crippen LogP contribution in [0.5, 0.6) is 0 Å². The van der Waals surface area contributed by atoms with Crippen molar-refractivity contribution in [2.75, 3.05) is 0 Å². The maximum absolute atomic E-state index is 5.42. The van der Waals surface area contributed by atoms with Crippen LogP contribution in [0.2, 0.25) is 0 Å². The number of dihydropyridines is 1. The molecule has 0 bridgehead atoms. The lowest BCUT2D eigenvalue weighted by Crippen LogP contribution is -2.24. The Kier molecular flexibility index (Phi) is 8.80. The van der Waals surface area contributed by atoms with Crippen LogP contribution in [0.15, 0.2) is 206 Å². The molecule has 1 atom stereocenters. The number of nitrogens with zero attached hydrogens (tertiary/aromatic N) is 3. The van der Waals surface area contributed by atoms with Crippen molar-refractivity contribution in [3.63, 3.8) is 0 Å². The van der Waals surface area contributed by atoms with Crippen molar-refractivity contribution in [1.29, 1.82) is 0 Å². The molecule has 4 nitrogen and oxygen atoms in total. The standard InChI is InChI=1S/C52H36N4.HI/c1-3-15-35(16-4-1)37-19-11-21-39(33-37)45-25-13-29-49(53-45)55-47-27-9-7-23-41(47)43-31-32-44-42-24-8-10-28-48(42)56(52(44)51(43)55)50-30-14-26-46(54-50)40-22-12-20-38(34-40)36-17-5-2-6-18-36;/h1-34,45,53H;1H. The van der Waals surface area contributed by atoms with Crippen LogP contribution in [-0.4, -0.2) is 14.1 Å². The second-order valence-electron chi connectivity index (χ2n) is 14.4. The van der Waals surface area contributed by atoms with Crippen molar-refractivity contribution < 1.29 is 0 Å². The van der Waals surface area contributed by atoms with Gasteiger partial charge in [0.25, 0.3) is 0 Å². The van der Waals surface area contributed by atoms with Gasteiger partial charge in [-0.3, -0.25) is 9.13 Å². The molecule has 272 valence electrons. The van der Waals surface area contributed by atoms with E-state index in [-0.39, 0.29) is 30.0 Å². The fourth-order valence-corrected chi connectivity index (χ4v) is 8.58. The molecule has 4 heterocycles. The molecule has 3 aromatic heterocycles. The number of halogens is 1. The van der Waals surface area contributed by atoms with Crippen LogP contribution >= 0.6 is 24.0 Å². The Morgan fingerprint density at radius 3 is 1.68 bits per heavy atom. The first-order valence-corrected chi connectivity index (χ1v) is 19.2. The number of rotatable bonds is 6. The minimum Gasteiger partial charge on any atom is -0.361 e. The van der Waals surface area contributed by atoms with E-state index in [2.05, 4.69) is 221 Å². The third kappa shape index (κ3) is 5.94. The molecule has 57 heavy (non-hydrogen) atoms. The lowest BCUT2D eigenvalue weighted by Gasteiger charge is -2.25. The summed E-state index contributed by atoms with van der Waals surface area (Å²) in [6.45, 7) is 0. The van der Waals surface area contributed by atoms with Gasteiger partial charge in [0, 0.05) is 27.1 Å². The van der Waals surface area contributed by atoms with Gasteiger partial charge < -0.3 is 5.32 Å². The molecule has 0 saturated carbocycles. The average molecular weight is 845 g/mol. The molecule has 1 aliphatic rings. The van der Waals surface area contributed by atoms with Gasteiger partial charge in [-0.25, -0.2) is 4.98 Å². The van der Waals surface area contributed by atoms with Gasteiger partial charge in [-0.2, -0.15) is 0 Å². The van der Waals surface area contributed by atoms with E-state index in [1.165, 1.54) is 49.4 Å². The van der Waals surface area contributed by atoms with E-state index in [1.54, 1.807) is 0 Å². The van der Waals surface area contributed by atoms with Crippen LogP contribution in [0.3, 0.4) is 0 Å². The number of allylic oxidation sites excluding steroid dienone is 2. The zero-order chi connectivity index (χ0) is 37.0. The summed E-state index contributed by atoms with van der Waals surface area (Å²) < 4.78 is 4.79. The Bertz CT molecular complexity index is 3170. The van der Waals surface area contributed by atoms with Crippen LogP contribution in [-0.2, 0) is 0 Å². The van der Waals surface area contributed by atoms with Crippen molar-refractivity contribution in [3.8, 4) is 39.3 Å². The average Bonchev–Trinajstić information content (AvgIpc) is 3.80. The molecular weight excluding hydrogens is 808 g/mol. The predicted octanol–water partition coefficient (Wildman–Crippen LogP) is 13.6. The summed E-state index contributed by atoms with van der Waals surface area (Å²) in [5.41, 5.74) is 12.5. The number of hydrogen-bond donors (Lipinski definition) is 1. The molecule has 0 amide bonds. The van der Waals surface area contributed by atoms with Crippen molar-refractivity contribution in [3.05, 3.63) is 212 Å². The van der Waals surface area contributed by atoms with Gasteiger partial charge in [0.05, 0.1) is 33.8 Å². The quantitative estimate of drug-likeness (QED) is 0.169. The summed E-state index contributed by atoms with van der Waals surface area (Å²) in [6.07, 6.45) is 6.64. The largest absolute Gasteiger partial charge is 0.361 e. The van der Waals surface area contributed by atoms with E-state index in [4.69, 9.17) is 4.98 Å². The molecule has 0 fully saturated rings. The first-order chi connectivity index (χ1) is 27.8. The van der Waals surface area contributed by atoms with Crippen LogP contribution < -0.4 is 5.32 Å². The highest BCUT2D eigenvalue weighted by molar-refractivity contribution is 14.0. The maximum Gasteiger partial charge on any atom is 0.138 e. The normalized spacial score (nSPS) is 13.8. The topological polar surface area (TPSA) is 34.8 Å². The number of hydrogen-bond acceptors (Lipinski definition) is 2. The van der Waals surface area contributed by atoms with Crippen molar-refractivity contribution in [2.24, 2.45) is 0 Å². The van der Waals surface area contributed by atoms with Crippen LogP contribution in [0.25, 0.3) is 88.8 Å². The highest BCUT2D eigenvalue weighted by Gasteiger charge is 2.24. The molecule has 1 aliphatic heterocycles. The summed E-state index contributed by atoms with van der Waals surface area (Å²) in [7, 11) is 0. The van der Waals surface area contributed by atoms with E-state index in [1.807, 2.05) is 0 Å². The molecule has 1 unspecified atom stereocenters. The zero-order valence-electron chi connectivity index (χ0n) is 31.0. The SMILES string of the molecule is C1=CC(c2cccc(-c3ccccc3)c2)NC(n2c3ccccc3c3ccc4c5ccccc5n(-c5cccc(-c6cccc(-c7ccccc7)c6)n5)c4c32)=C1.I. The Morgan fingerprint density at radius 1 is 0.439 bits per heavy atom. The van der Waals surface area contributed by atoms with Gasteiger partial charge >= 0.3 is 0 Å². The molecule has 0 aliphatic carbocycles. The minimum atomic E-state index is -0.00932. The van der Waals surface area contributed by atoms with E-state index < -0.39 is 0 Å². The lowest BCUT2D eigenvalue weighted by molar-refractivity contribution is 0.736. The summed E-state index contributed by atoms with van der Waals surface area (Å²) in [6, 6.07) is 67.1. The molecule has 5 heteroatoms. The highest BCUT2D eigenvalue weighted by atomic mass is 127. The number of para-hydroxylation sites is 2. The first-order valence-electron chi connectivity index (χ1n) is 19.2. The molecule has 11 rings (SSSR count). The van der Waals surface area contributed by atoms with Crippen LogP contribution in [0.1, 0.15) is 11.6 Å². The van der Waals surface area contributed by atoms with Crippen molar-refractivity contribution >= 4 is 73.4 Å². The third-order valence-corrected chi connectivity index (χ3v) is 11.2. The third-order valence-electron chi connectivity index (χ3n) is 11.2. The number of fused-ring (bicyclic) bond motifs is 7. The summed E-state index contributed by atoms with van der Waals surface area (Å²) in [5.74, 6) is 1.90. The number of aromatic nitrogens is 3. The smallest absolute Gasteiger partial charge is 0.138 e. The molecule has 0 spiro atoms. The van der Waals surface area contributed by atoms with Gasteiger partial charge in [0.2, 0.25) is 0 Å². The molecule has 1 N–H and O–H groups in total. The second kappa shape index (κ2) is 14.4. The van der Waals surface area contributed by atoms with Gasteiger partial charge in [-0.05, 0) is 70.3 Å². The van der Waals surface area contributed by atoms with Crippen molar-refractivity contribution in [1.82, 2.24) is 19.4 Å². The van der Waals surface area contributed by atoms with E-state index >= 15 is 0 Å². The number of nitrogens with one attached hydrogen (secondary N) is 1. The minimum absolute atomic E-state index is 0. The van der Waals surface area contributed by atoms with Crippen LogP contribution in [0, 0.1) is 0 Å². The zero-order valence-corrected chi connectivity index (χ0v) is 33.3. The Balaban J connectivity index is 0.00000396. The fourth-order valence-electron chi connectivity index (χ4n) is 8.58. The monoisotopic (exact) mass is 844 g/mol. The second-order valence-corrected chi connectivity index (χ2v) is 14.4. The van der Waals surface area contributed by atoms with Gasteiger partial charge in [-0.1, -0.05) is 164 Å². The van der Waals surface area contributed by atoms with E-state index in [0.717, 1.165) is 45.0 Å². The van der Waals surface area contributed by atoms with Gasteiger partial charge in [-0.15, -0.1) is 24.0 Å². The molecule has 10 aromatic rings. The van der Waals surface area contributed by atoms with Gasteiger partial charge in [0.15, 0.2) is 0 Å². The van der Waals surface area contributed by atoms with Crippen molar-refractivity contribution in [2.45, 2.75) is 6.04 Å². The van der Waals surface area contributed by atoms with E-state index in [0.29, 0.717) is 0 Å². The summed E-state index contributed by atoms with van der Waals surface area (Å²) >= 11 is 0. The summed E-state index contributed by atoms with van der Waals surface area (Å²) in [5, 5.41) is 8.75. The van der Waals surface area contributed by atoms with Crippen LogP contribution in [0.4, 0.5) is 0 Å². The highest BCUT2D eigenvalue weighted by Crippen LogP contribution is 2.42. The Hall–Kier alpha value is -6.70. The van der Waals surface area contributed by atoms with E-state index in [9.17, 15) is 0 Å². The number of benzene rings is 7. The molecule has 0 radical (unpaired) electrons. The lowest BCUT2D eigenvalue weighted by atomic mass is 9.98. The molecule has 0 saturated heterocycles. The molecular formula is C52H37IN4.